The topological polar surface area (TPSA) is 153 Å². The number of carbonyl (C=O) groups excluding carboxylic acids is 2. The van der Waals surface area contributed by atoms with Crippen LogP contribution < -0.4 is 15.8 Å². The number of hydrogen-bond donors (Lipinski definition) is 3. The average molecular weight is 527 g/mol. The summed E-state index contributed by atoms with van der Waals surface area (Å²) in [5.41, 5.74) is 7.34. The Bertz CT molecular complexity index is 1340. The molecular weight excluding hydrogens is 500 g/mol. The van der Waals surface area contributed by atoms with E-state index in [2.05, 4.69) is 15.5 Å². The molecule has 0 spiro atoms. The molecule has 37 heavy (non-hydrogen) atoms. The Labute approximate surface area is 218 Å². The van der Waals surface area contributed by atoms with Gasteiger partial charge in [-0.25, -0.2) is 9.59 Å². The first-order chi connectivity index (χ1) is 17.7. The fourth-order valence-electron chi connectivity index (χ4n) is 4.45. The highest BCUT2D eigenvalue weighted by Crippen LogP contribution is 2.29. The molecule has 194 valence electrons. The van der Waals surface area contributed by atoms with E-state index in [0.29, 0.717) is 28.6 Å². The number of carbonyl (C=O) groups is 3. The SMILES string of the molecule is CC[C@@H](NC(=O)N1Cc2nncn2C[C@H](Cc2cc(Cl)ccc2OC)C1=O)c1ccc(C(=O)O)c(N)c1. The number of nitrogens with zero attached hydrogens (tertiary/aromatic N) is 4. The van der Waals surface area contributed by atoms with Gasteiger partial charge in [0.05, 0.1) is 31.2 Å². The minimum atomic E-state index is -1.14. The number of hydrogen-bond acceptors (Lipinski definition) is 7. The molecule has 0 fully saturated rings. The molecule has 3 amide bonds. The molecule has 2 heterocycles. The monoisotopic (exact) mass is 526 g/mol. The average Bonchev–Trinajstić information content (AvgIpc) is 3.26. The lowest BCUT2D eigenvalue weighted by atomic mass is 9.97. The second-order valence-corrected chi connectivity index (χ2v) is 9.18. The van der Waals surface area contributed by atoms with Crippen LogP contribution in [0, 0.1) is 5.92 Å². The van der Waals surface area contributed by atoms with Gasteiger partial charge in [-0.3, -0.25) is 9.69 Å². The minimum Gasteiger partial charge on any atom is -0.496 e. The summed E-state index contributed by atoms with van der Waals surface area (Å²) in [6.07, 6.45) is 2.31. The van der Waals surface area contributed by atoms with Gasteiger partial charge in [-0.2, -0.15) is 0 Å². The van der Waals surface area contributed by atoms with E-state index in [9.17, 15) is 19.5 Å². The number of fused-ring (bicyclic) bond motifs is 1. The number of halogens is 1. The van der Waals surface area contributed by atoms with Crippen molar-refractivity contribution in [3.63, 3.8) is 0 Å². The molecule has 2 atom stereocenters. The molecule has 0 saturated carbocycles. The Kier molecular flexibility index (Phi) is 7.63. The summed E-state index contributed by atoms with van der Waals surface area (Å²) in [6.45, 7) is 2.09. The van der Waals surface area contributed by atoms with Crippen LogP contribution in [0.5, 0.6) is 5.75 Å². The molecule has 0 unspecified atom stereocenters. The van der Waals surface area contributed by atoms with Crippen molar-refractivity contribution in [3.8, 4) is 5.75 Å². The molecule has 0 radical (unpaired) electrons. The highest BCUT2D eigenvalue weighted by molar-refractivity contribution is 6.30. The van der Waals surface area contributed by atoms with Crippen molar-refractivity contribution < 1.29 is 24.2 Å². The molecule has 0 saturated heterocycles. The van der Waals surface area contributed by atoms with Crippen LogP contribution in [0.4, 0.5) is 10.5 Å². The number of nitrogens with one attached hydrogen (secondary N) is 1. The van der Waals surface area contributed by atoms with Crippen LogP contribution >= 0.6 is 11.6 Å². The van der Waals surface area contributed by atoms with Crippen molar-refractivity contribution >= 4 is 35.2 Å². The lowest BCUT2D eigenvalue weighted by molar-refractivity contribution is -0.132. The van der Waals surface area contributed by atoms with Gasteiger partial charge in [0.2, 0.25) is 5.91 Å². The summed E-state index contributed by atoms with van der Waals surface area (Å²) < 4.78 is 7.20. The molecule has 1 aliphatic heterocycles. The molecule has 11 nitrogen and oxygen atoms in total. The number of anilines is 1. The highest BCUT2D eigenvalue weighted by Gasteiger charge is 2.35. The summed E-state index contributed by atoms with van der Waals surface area (Å²) in [6, 6.07) is 8.61. The van der Waals surface area contributed by atoms with Gasteiger partial charge in [-0.1, -0.05) is 24.6 Å². The number of urea groups is 1. The Morgan fingerprint density at radius 3 is 2.76 bits per heavy atom. The number of methoxy groups -OCH3 is 1. The lowest BCUT2D eigenvalue weighted by Gasteiger charge is -2.26. The predicted octanol–water partition coefficient (Wildman–Crippen LogP) is 3.28. The van der Waals surface area contributed by atoms with Crippen molar-refractivity contribution in [2.24, 2.45) is 5.92 Å². The zero-order chi connectivity index (χ0) is 26.7. The van der Waals surface area contributed by atoms with Crippen LogP contribution in [-0.4, -0.2) is 49.8 Å². The molecule has 4 N–H and O–H groups in total. The van der Waals surface area contributed by atoms with Gasteiger partial charge in [-0.05, 0) is 54.3 Å². The van der Waals surface area contributed by atoms with E-state index in [1.165, 1.54) is 18.5 Å². The van der Waals surface area contributed by atoms with Gasteiger partial charge < -0.3 is 25.5 Å². The smallest absolute Gasteiger partial charge is 0.337 e. The second-order valence-electron chi connectivity index (χ2n) is 8.74. The van der Waals surface area contributed by atoms with E-state index in [4.69, 9.17) is 22.1 Å². The van der Waals surface area contributed by atoms with E-state index in [1.807, 2.05) is 6.92 Å². The van der Waals surface area contributed by atoms with Gasteiger partial charge in [0.1, 0.15) is 12.1 Å². The zero-order valence-electron chi connectivity index (χ0n) is 20.3. The fourth-order valence-corrected chi connectivity index (χ4v) is 4.64. The van der Waals surface area contributed by atoms with E-state index in [1.54, 1.807) is 35.9 Å². The third-order valence-corrected chi connectivity index (χ3v) is 6.63. The van der Waals surface area contributed by atoms with E-state index in [-0.39, 0.29) is 36.7 Å². The molecule has 1 aliphatic rings. The summed E-state index contributed by atoms with van der Waals surface area (Å²) >= 11 is 6.19. The number of rotatable bonds is 7. The van der Waals surface area contributed by atoms with Gasteiger partial charge >= 0.3 is 12.0 Å². The van der Waals surface area contributed by atoms with E-state index < -0.39 is 24.0 Å². The molecule has 12 heteroatoms. The Morgan fingerprint density at radius 1 is 1.30 bits per heavy atom. The maximum Gasteiger partial charge on any atom is 0.337 e. The number of aromatic carboxylic acids is 1. The number of benzene rings is 2. The highest BCUT2D eigenvalue weighted by atomic mass is 35.5. The van der Waals surface area contributed by atoms with Crippen LogP contribution in [0.25, 0.3) is 0 Å². The fraction of sp³-hybridized carbons (Fsp3) is 0.320. The summed E-state index contributed by atoms with van der Waals surface area (Å²) in [7, 11) is 1.54. The number of nitrogens with two attached hydrogens (primary N) is 1. The standard InChI is InChI=1S/C25H27ClN6O5/c1-3-20(14-4-6-18(24(34)35)19(27)10-14)29-25(36)32-12-22-30-28-13-31(22)11-16(23(32)33)8-15-9-17(26)5-7-21(15)37-2/h4-7,9-10,13,16,20H,3,8,11-12,27H2,1-2H3,(H,29,36)(H,34,35)/t16-,20+/m0/s1. The quantitative estimate of drug-likeness (QED) is 0.396. The number of carboxylic acid groups (broad SMARTS) is 1. The van der Waals surface area contributed by atoms with Crippen molar-refractivity contribution in [1.29, 1.82) is 0 Å². The summed E-state index contributed by atoms with van der Waals surface area (Å²) in [5.74, 6) is -1.05. The Hall–Kier alpha value is -4.12. The first-order valence-electron chi connectivity index (χ1n) is 11.7. The van der Waals surface area contributed by atoms with Crippen LogP contribution in [0.2, 0.25) is 5.02 Å². The lowest BCUT2D eigenvalue weighted by Crippen LogP contribution is -2.46. The number of imide groups is 1. The Morgan fingerprint density at radius 2 is 2.08 bits per heavy atom. The molecule has 0 aliphatic carbocycles. The molecule has 1 aromatic heterocycles. The largest absolute Gasteiger partial charge is 0.496 e. The maximum atomic E-state index is 13.7. The number of carboxylic acids is 1. The maximum absolute atomic E-state index is 13.7. The normalized spacial score (nSPS) is 16.0. The number of ether oxygens (including phenoxy) is 1. The number of aromatic nitrogens is 3. The van der Waals surface area contributed by atoms with E-state index in [0.717, 1.165) is 10.5 Å². The zero-order valence-corrected chi connectivity index (χ0v) is 21.1. The second kappa shape index (κ2) is 10.9. The first kappa shape index (κ1) is 26.0. The number of amides is 3. The van der Waals surface area contributed by atoms with Crippen molar-refractivity contribution in [2.45, 2.75) is 38.9 Å². The van der Waals surface area contributed by atoms with Crippen molar-refractivity contribution in [2.75, 3.05) is 12.8 Å². The van der Waals surface area contributed by atoms with Crippen LogP contribution in [0.3, 0.4) is 0 Å². The summed E-state index contributed by atoms with van der Waals surface area (Å²) in [5, 5.41) is 20.7. The number of nitrogen functional groups attached to an aromatic ring is 1. The van der Waals surface area contributed by atoms with Crippen LogP contribution in [0.15, 0.2) is 42.7 Å². The van der Waals surface area contributed by atoms with Crippen molar-refractivity contribution in [1.82, 2.24) is 25.0 Å². The van der Waals surface area contributed by atoms with Gasteiger partial charge in [0.15, 0.2) is 5.82 Å². The molecule has 4 rings (SSSR count). The van der Waals surface area contributed by atoms with E-state index >= 15 is 0 Å². The van der Waals surface area contributed by atoms with Gasteiger partial charge in [0, 0.05) is 17.3 Å². The van der Waals surface area contributed by atoms with Gasteiger partial charge in [-0.15, -0.1) is 10.2 Å². The molecule has 2 aromatic carbocycles. The van der Waals surface area contributed by atoms with Crippen LogP contribution in [0.1, 0.15) is 46.7 Å². The summed E-state index contributed by atoms with van der Waals surface area (Å²) in [4.78, 5) is 39.5. The molecule has 3 aromatic rings. The third-order valence-electron chi connectivity index (χ3n) is 6.40. The molecule has 0 bridgehead atoms. The van der Waals surface area contributed by atoms with Crippen molar-refractivity contribution in [3.05, 3.63) is 70.3 Å². The molecular formula is C25H27ClN6O5. The predicted molar refractivity (Wildman–Crippen MR) is 135 cm³/mol. The first-order valence-corrected chi connectivity index (χ1v) is 12.0. The minimum absolute atomic E-state index is 0.0220. The van der Waals surface area contributed by atoms with Crippen LogP contribution in [-0.2, 0) is 24.3 Å². The Balaban J connectivity index is 1.60. The third kappa shape index (κ3) is 5.51. The van der Waals surface area contributed by atoms with Gasteiger partial charge in [0.25, 0.3) is 0 Å².